The minimum absolute atomic E-state index is 0.134. The second-order valence-electron chi connectivity index (χ2n) is 9.78. The SMILES string of the molecule is CCC[N+](C)(CCOCC[N+](C)(CC)CC(O)COC(C)C)CC(O)COC(C)C. The molecule has 0 rings (SSSR count). The zero-order valence-electron chi connectivity index (χ0n) is 21.1. The van der Waals surface area contributed by atoms with Crippen LogP contribution in [0.1, 0.15) is 48.0 Å². The van der Waals surface area contributed by atoms with Crippen LogP contribution in [0.4, 0.5) is 0 Å². The maximum absolute atomic E-state index is 10.3. The Morgan fingerprint density at radius 1 is 0.700 bits per heavy atom. The van der Waals surface area contributed by atoms with Gasteiger partial charge in [0, 0.05) is 0 Å². The van der Waals surface area contributed by atoms with Gasteiger partial charge in [-0.15, -0.1) is 0 Å². The second kappa shape index (κ2) is 15.5. The topological polar surface area (TPSA) is 68.2 Å². The van der Waals surface area contributed by atoms with Gasteiger partial charge in [-0.1, -0.05) is 6.92 Å². The molecule has 0 aliphatic heterocycles. The normalized spacial score (nSPS) is 18.4. The Balaban J connectivity index is 4.38. The zero-order chi connectivity index (χ0) is 23.2. The quantitative estimate of drug-likeness (QED) is 0.239. The third-order valence-electron chi connectivity index (χ3n) is 5.62. The van der Waals surface area contributed by atoms with Gasteiger partial charge in [-0.2, -0.15) is 0 Å². The Kier molecular flexibility index (Phi) is 15.4. The third-order valence-corrected chi connectivity index (χ3v) is 5.62. The van der Waals surface area contributed by atoms with Gasteiger partial charge in [0.1, 0.15) is 38.4 Å². The molecule has 0 aromatic carbocycles. The maximum Gasteiger partial charge on any atom is 0.126 e. The van der Waals surface area contributed by atoms with Crippen molar-refractivity contribution in [1.29, 1.82) is 0 Å². The van der Waals surface area contributed by atoms with E-state index in [4.69, 9.17) is 14.2 Å². The van der Waals surface area contributed by atoms with E-state index in [0.717, 1.165) is 41.6 Å². The van der Waals surface area contributed by atoms with Gasteiger partial charge < -0.3 is 33.4 Å². The van der Waals surface area contributed by atoms with E-state index in [1.165, 1.54) is 0 Å². The van der Waals surface area contributed by atoms with Gasteiger partial charge in [-0.3, -0.25) is 0 Å². The Hall–Kier alpha value is -0.280. The van der Waals surface area contributed by atoms with Gasteiger partial charge in [0.2, 0.25) is 0 Å². The van der Waals surface area contributed by atoms with E-state index >= 15 is 0 Å². The van der Waals surface area contributed by atoms with Crippen LogP contribution in [-0.4, -0.2) is 123 Å². The van der Waals surface area contributed by atoms with E-state index in [0.29, 0.717) is 39.5 Å². The highest BCUT2D eigenvalue weighted by Gasteiger charge is 2.26. The highest BCUT2D eigenvalue weighted by molar-refractivity contribution is 4.56. The van der Waals surface area contributed by atoms with Crippen LogP contribution in [0.15, 0.2) is 0 Å². The average molecular weight is 437 g/mol. The average Bonchev–Trinajstić information content (AvgIpc) is 2.64. The molecule has 0 aliphatic carbocycles. The predicted molar refractivity (Wildman–Crippen MR) is 123 cm³/mol. The van der Waals surface area contributed by atoms with Crippen molar-refractivity contribution in [3.05, 3.63) is 0 Å². The van der Waals surface area contributed by atoms with Gasteiger partial charge in [-0.25, -0.2) is 0 Å². The summed E-state index contributed by atoms with van der Waals surface area (Å²) in [6.45, 7) is 19.3. The molecule has 0 bridgehead atoms. The van der Waals surface area contributed by atoms with Crippen molar-refractivity contribution in [1.82, 2.24) is 0 Å². The van der Waals surface area contributed by atoms with E-state index in [9.17, 15) is 10.2 Å². The van der Waals surface area contributed by atoms with Crippen molar-refractivity contribution < 1.29 is 33.4 Å². The van der Waals surface area contributed by atoms with Gasteiger partial charge in [-0.05, 0) is 41.0 Å². The number of ether oxygens (including phenoxy) is 3. The minimum atomic E-state index is -0.462. The fourth-order valence-electron chi connectivity index (χ4n) is 3.61. The van der Waals surface area contributed by atoms with Gasteiger partial charge in [0.05, 0.1) is 65.8 Å². The summed E-state index contributed by atoms with van der Waals surface area (Å²) in [6.07, 6.45) is 0.411. The Labute approximate surface area is 186 Å². The maximum atomic E-state index is 10.3. The van der Waals surface area contributed by atoms with E-state index in [1.54, 1.807) is 0 Å². The van der Waals surface area contributed by atoms with Crippen molar-refractivity contribution >= 4 is 0 Å². The van der Waals surface area contributed by atoms with Crippen molar-refractivity contribution in [2.24, 2.45) is 0 Å². The lowest BCUT2D eigenvalue weighted by Gasteiger charge is -2.37. The number of quaternary nitrogens is 2. The van der Waals surface area contributed by atoms with Gasteiger partial charge in [0.15, 0.2) is 0 Å². The monoisotopic (exact) mass is 436 g/mol. The second-order valence-corrected chi connectivity index (χ2v) is 9.78. The summed E-state index contributed by atoms with van der Waals surface area (Å²) < 4.78 is 18.6. The molecule has 2 N–H and O–H groups in total. The van der Waals surface area contributed by atoms with E-state index in [2.05, 4.69) is 27.9 Å². The Morgan fingerprint density at radius 2 is 1.13 bits per heavy atom. The van der Waals surface area contributed by atoms with E-state index < -0.39 is 12.2 Å². The highest BCUT2D eigenvalue weighted by atomic mass is 16.5. The minimum Gasteiger partial charge on any atom is -0.385 e. The number of nitrogens with zero attached hydrogens (tertiary/aromatic N) is 2. The molecule has 0 saturated heterocycles. The fraction of sp³-hybridized carbons (Fsp3) is 1.00. The highest BCUT2D eigenvalue weighted by Crippen LogP contribution is 2.09. The summed E-state index contributed by atoms with van der Waals surface area (Å²) in [4.78, 5) is 0. The molecule has 0 fully saturated rings. The Morgan fingerprint density at radius 3 is 1.53 bits per heavy atom. The van der Waals surface area contributed by atoms with Crippen molar-refractivity contribution in [3.8, 4) is 0 Å². The van der Waals surface area contributed by atoms with Gasteiger partial charge in [0.25, 0.3) is 0 Å². The van der Waals surface area contributed by atoms with Crippen LogP contribution in [0.25, 0.3) is 0 Å². The third kappa shape index (κ3) is 14.7. The summed E-state index contributed by atoms with van der Waals surface area (Å²) in [5.74, 6) is 0. The first-order valence-electron chi connectivity index (χ1n) is 11.8. The predicted octanol–water partition coefficient (Wildman–Crippen LogP) is 1.90. The molecule has 0 heterocycles. The van der Waals surface area contributed by atoms with Crippen LogP contribution in [0.2, 0.25) is 0 Å². The molecule has 0 aliphatic rings. The Bertz CT molecular complexity index is 424. The molecular weight excluding hydrogens is 384 g/mol. The largest absolute Gasteiger partial charge is 0.385 e. The van der Waals surface area contributed by atoms with Crippen molar-refractivity contribution in [2.75, 3.05) is 79.8 Å². The lowest BCUT2D eigenvalue weighted by atomic mass is 10.2. The molecule has 4 unspecified atom stereocenters. The van der Waals surface area contributed by atoms with Crippen molar-refractivity contribution in [3.63, 3.8) is 0 Å². The first-order valence-corrected chi connectivity index (χ1v) is 11.8. The first-order chi connectivity index (χ1) is 13.9. The van der Waals surface area contributed by atoms with Gasteiger partial charge >= 0.3 is 0 Å². The molecule has 7 nitrogen and oxygen atoms in total. The smallest absolute Gasteiger partial charge is 0.126 e. The van der Waals surface area contributed by atoms with Crippen LogP contribution in [0.5, 0.6) is 0 Å². The number of rotatable bonds is 19. The molecule has 30 heavy (non-hydrogen) atoms. The molecule has 0 amide bonds. The van der Waals surface area contributed by atoms with Crippen LogP contribution in [0.3, 0.4) is 0 Å². The number of hydrogen-bond acceptors (Lipinski definition) is 5. The lowest BCUT2D eigenvalue weighted by molar-refractivity contribution is -0.915. The van der Waals surface area contributed by atoms with Crippen molar-refractivity contribution in [2.45, 2.75) is 72.4 Å². The summed E-state index contributed by atoms with van der Waals surface area (Å²) in [5.41, 5.74) is 0. The molecular formula is C23H52N2O5+2. The summed E-state index contributed by atoms with van der Waals surface area (Å²) in [6, 6.07) is 0. The van der Waals surface area contributed by atoms with Crippen LogP contribution < -0.4 is 0 Å². The number of aliphatic hydroxyl groups excluding tert-OH is 2. The molecule has 7 heteroatoms. The molecule has 0 radical (unpaired) electrons. The molecule has 182 valence electrons. The number of aliphatic hydroxyl groups is 2. The molecule has 4 atom stereocenters. The molecule has 0 aromatic heterocycles. The van der Waals surface area contributed by atoms with Crippen LogP contribution in [0, 0.1) is 0 Å². The first kappa shape index (κ1) is 29.7. The van der Waals surface area contributed by atoms with Crippen LogP contribution in [-0.2, 0) is 14.2 Å². The molecule has 0 saturated carbocycles. The fourth-order valence-corrected chi connectivity index (χ4v) is 3.61. The molecule has 0 aromatic rings. The zero-order valence-corrected chi connectivity index (χ0v) is 21.1. The number of likely N-dealkylation sites (N-methyl/N-ethyl adjacent to an activating group) is 2. The summed E-state index contributed by atoms with van der Waals surface area (Å²) >= 11 is 0. The number of hydrogen-bond donors (Lipinski definition) is 2. The molecule has 0 spiro atoms. The summed E-state index contributed by atoms with van der Waals surface area (Å²) in [7, 11) is 4.34. The summed E-state index contributed by atoms with van der Waals surface area (Å²) in [5, 5.41) is 20.6. The lowest BCUT2D eigenvalue weighted by Crippen LogP contribution is -2.53. The van der Waals surface area contributed by atoms with Crippen LogP contribution >= 0.6 is 0 Å². The van der Waals surface area contributed by atoms with E-state index in [-0.39, 0.29) is 12.2 Å². The van der Waals surface area contributed by atoms with E-state index in [1.807, 2.05) is 27.7 Å². The standard InChI is InChI=1S/C23H52N2O5/c1-9-11-25(8,17-23(27)19-30-21(5)6)13-15-28-14-12-24(7,10-2)16-22(26)18-29-20(3)4/h20-23,26-27H,9-19H2,1-8H3/q+2.